The molecule has 3 heterocycles. The minimum atomic E-state index is -4.04. The molecule has 10 nitrogen and oxygen atoms in total. The molecule has 13 heteroatoms. The maximum absolute atomic E-state index is 13.3. The number of hydrogen-bond acceptors (Lipinski definition) is 9. The predicted octanol–water partition coefficient (Wildman–Crippen LogP) is 5.20. The number of ether oxygens (including phenoxy) is 1. The molecule has 2 aromatic heterocycles. The zero-order chi connectivity index (χ0) is 31.4. The lowest BCUT2D eigenvalue weighted by molar-refractivity contribution is -0.147. The van der Waals surface area contributed by atoms with Crippen molar-refractivity contribution in [2.24, 2.45) is 0 Å². The van der Waals surface area contributed by atoms with Crippen LogP contribution in [0.4, 0.5) is 15.9 Å². The van der Waals surface area contributed by atoms with Crippen molar-refractivity contribution >= 4 is 50.1 Å². The molecular weight excluding hydrogens is 619 g/mol. The predicted molar refractivity (Wildman–Crippen MR) is 170 cm³/mol. The lowest BCUT2D eigenvalue weighted by Crippen LogP contribution is -2.38. The molecule has 6 rings (SSSR count). The van der Waals surface area contributed by atoms with Gasteiger partial charge in [-0.25, -0.2) is 22.8 Å². The number of aromatic nitrogens is 3. The zero-order valence-electron chi connectivity index (χ0n) is 23.9. The van der Waals surface area contributed by atoms with E-state index in [1.54, 1.807) is 12.3 Å². The van der Waals surface area contributed by atoms with Gasteiger partial charge in [-0.2, -0.15) is 0 Å². The summed E-state index contributed by atoms with van der Waals surface area (Å²) in [6, 6.07) is 20.7. The fourth-order valence-electron chi connectivity index (χ4n) is 4.96. The number of nitrogens with zero attached hydrogens (tertiary/aromatic N) is 4. The zero-order valence-corrected chi connectivity index (χ0v) is 25.4. The monoisotopic (exact) mass is 646 g/mol. The van der Waals surface area contributed by atoms with Gasteiger partial charge in [0.15, 0.2) is 5.15 Å². The Morgan fingerprint density at radius 1 is 0.978 bits per heavy atom. The second-order valence-electron chi connectivity index (χ2n) is 10.4. The Kier molecular flexibility index (Phi) is 8.87. The summed E-state index contributed by atoms with van der Waals surface area (Å²) in [5, 5.41) is 3.24. The minimum Gasteiger partial charge on any atom is -0.460 e. The largest absolute Gasteiger partial charge is 0.460 e. The van der Waals surface area contributed by atoms with Crippen molar-refractivity contribution < 1.29 is 22.3 Å². The van der Waals surface area contributed by atoms with Crippen LogP contribution in [0.5, 0.6) is 0 Å². The number of pyridine rings is 1. The Morgan fingerprint density at radius 3 is 2.58 bits per heavy atom. The standard InChI is InChI=1S/C32H28ClFN6O4S/c33-31-29(39-45(42,43)25-9-7-24(34)8-10-25)17-23(18-37-31)22-6-11-26-28(16-22)38-30(19-36-26)40-14-12-27(35-13-15-40)32(41)44-20-21-4-2-1-3-5-21/h1-11,16-19,27,35,39H,12-15,20H2. The third-order valence-corrected chi connectivity index (χ3v) is 9.05. The van der Waals surface area contributed by atoms with Crippen LogP contribution in [0.15, 0.2) is 96.2 Å². The topological polar surface area (TPSA) is 126 Å². The minimum absolute atomic E-state index is 0.0377. The molecule has 3 aromatic carbocycles. The van der Waals surface area contributed by atoms with Crippen LogP contribution in [0.3, 0.4) is 0 Å². The molecular formula is C32H28ClFN6O4S. The van der Waals surface area contributed by atoms with Gasteiger partial charge in [0.25, 0.3) is 10.0 Å². The van der Waals surface area contributed by atoms with Crippen molar-refractivity contribution in [1.29, 1.82) is 0 Å². The van der Waals surface area contributed by atoms with E-state index in [9.17, 15) is 17.6 Å². The lowest BCUT2D eigenvalue weighted by Gasteiger charge is -2.21. The Labute approximate surface area is 264 Å². The average molecular weight is 647 g/mol. The van der Waals surface area contributed by atoms with Crippen LogP contribution < -0.4 is 14.9 Å². The van der Waals surface area contributed by atoms with Crippen molar-refractivity contribution in [1.82, 2.24) is 20.3 Å². The SMILES string of the molecule is O=C(OCc1ccccc1)C1CCN(c2cnc3ccc(-c4cnc(Cl)c(NS(=O)(=O)c5ccc(F)cc5)c4)cc3n2)CCN1. The summed E-state index contributed by atoms with van der Waals surface area (Å²) in [7, 11) is -4.04. The van der Waals surface area contributed by atoms with Gasteiger partial charge in [-0.15, -0.1) is 0 Å². The van der Waals surface area contributed by atoms with E-state index in [-0.39, 0.29) is 28.3 Å². The summed E-state index contributed by atoms with van der Waals surface area (Å²) < 4.78 is 47.0. The van der Waals surface area contributed by atoms with Crippen LogP contribution in [0, 0.1) is 5.82 Å². The van der Waals surface area contributed by atoms with E-state index in [1.807, 2.05) is 48.5 Å². The third-order valence-electron chi connectivity index (χ3n) is 7.36. The number of halogens is 2. The summed E-state index contributed by atoms with van der Waals surface area (Å²) in [6.45, 7) is 2.00. The lowest BCUT2D eigenvalue weighted by atomic mass is 10.1. The first-order valence-electron chi connectivity index (χ1n) is 14.2. The van der Waals surface area contributed by atoms with Gasteiger partial charge in [0.05, 0.1) is 27.8 Å². The van der Waals surface area contributed by atoms with Crippen molar-refractivity contribution in [3.05, 3.63) is 108 Å². The van der Waals surface area contributed by atoms with E-state index in [0.717, 1.165) is 23.3 Å². The maximum atomic E-state index is 13.3. The molecule has 5 aromatic rings. The van der Waals surface area contributed by atoms with Gasteiger partial charge in [-0.3, -0.25) is 14.5 Å². The second kappa shape index (κ2) is 13.1. The number of hydrogen-bond donors (Lipinski definition) is 2. The summed E-state index contributed by atoms with van der Waals surface area (Å²) in [4.78, 5) is 28.3. The van der Waals surface area contributed by atoms with Crippen molar-refractivity contribution in [2.45, 2.75) is 24.0 Å². The Bertz CT molecular complexity index is 1950. The molecule has 0 radical (unpaired) electrons. The Balaban J connectivity index is 1.17. The van der Waals surface area contributed by atoms with E-state index in [4.69, 9.17) is 21.3 Å². The van der Waals surface area contributed by atoms with Gasteiger partial charge in [0.2, 0.25) is 0 Å². The number of anilines is 2. The summed E-state index contributed by atoms with van der Waals surface area (Å²) in [5.74, 6) is -0.165. The van der Waals surface area contributed by atoms with Crippen molar-refractivity contribution in [3.8, 4) is 11.1 Å². The molecule has 1 unspecified atom stereocenters. The van der Waals surface area contributed by atoms with E-state index in [2.05, 4.69) is 24.9 Å². The maximum Gasteiger partial charge on any atom is 0.323 e. The average Bonchev–Trinajstić information content (AvgIpc) is 3.31. The highest BCUT2D eigenvalue weighted by Gasteiger charge is 2.25. The molecule has 1 aliphatic heterocycles. The molecule has 2 N–H and O–H groups in total. The van der Waals surface area contributed by atoms with Crippen LogP contribution in [0.1, 0.15) is 12.0 Å². The molecule has 0 aliphatic carbocycles. The molecule has 0 spiro atoms. The number of nitrogens with one attached hydrogen (secondary N) is 2. The quantitative estimate of drug-likeness (QED) is 0.173. The van der Waals surface area contributed by atoms with Gasteiger partial charge < -0.3 is 15.0 Å². The van der Waals surface area contributed by atoms with Gasteiger partial charge in [0, 0.05) is 31.4 Å². The Hall–Kier alpha value is -4.65. The highest BCUT2D eigenvalue weighted by Crippen LogP contribution is 2.30. The van der Waals surface area contributed by atoms with Gasteiger partial charge in [0.1, 0.15) is 24.3 Å². The molecule has 1 fully saturated rings. The van der Waals surface area contributed by atoms with Crippen LogP contribution >= 0.6 is 11.6 Å². The number of sulfonamides is 1. The van der Waals surface area contributed by atoms with Crippen molar-refractivity contribution in [2.75, 3.05) is 29.3 Å². The second-order valence-corrected chi connectivity index (χ2v) is 12.5. The van der Waals surface area contributed by atoms with Crippen LogP contribution in [0.25, 0.3) is 22.2 Å². The number of rotatable bonds is 8. The van der Waals surface area contributed by atoms with Gasteiger partial charge in [-0.05, 0) is 60.0 Å². The fourth-order valence-corrected chi connectivity index (χ4v) is 6.22. The highest BCUT2D eigenvalue weighted by molar-refractivity contribution is 7.92. The number of esters is 1. The molecule has 45 heavy (non-hydrogen) atoms. The van der Waals surface area contributed by atoms with E-state index in [0.29, 0.717) is 48.5 Å². The first-order valence-corrected chi connectivity index (χ1v) is 16.0. The molecule has 1 atom stereocenters. The van der Waals surface area contributed by atoms with E-state index in [1.165, 1.54) is 18.3 Å². The summed E-state index contributed by atoms with van der Waals surface area (Å²) in [6.07, 6.45) is 3.79. The van der Waals surface area contributed by atoms with E-state index >= 15 is 0 Å². The first-order chi connectivity index (χ1) is 21.7. The molecule has 0 bridgehead atoms. The molecule has 230 valence electrons. The van der Waals surface area contributed by atoms with Crippen LogP contribution in [-0.4, -0.2) is 55.0 Å². The number of carbonyl (C=O) groups excluding carboxylic acids is 1. The summed E-state index contributed by atoms with van der Waals surface area (Å²) in [5.41, 5.74) is 3.64. The van der Waals surface area contributed by atoms with Gasteiger partial charge >= 0.3 is 5.97 Å². The van der Waals surface area contributed by atoms with Crippen LogP contribution in [-0.2, 0) is 26.2 Å². The normalized spacial score (nSPS) is 15.4. The number of fused-ring (bicyclic) bond motifs is 1. The highest BCUT2D eigenvalue weighted by atomic mass is 35.5. The van der Waals surface area contributed by atoms with E-state index < -0.39 is 21.9 Å². The van der Waals surface area contributed by atoms with Crippen molar-refractivity contribution in [3.63, 3.8) is 0 Å². The molecule has 0 saturated carbocycles. The van der Waals surface area contributed by atoms with Gasteiger partial charge in [-0.1, -0.05) is 48.0 Å². The third kappa shape index (κ3) is 7.19. The number of carbonyl (C=O) groups is 1. The number of benzene rings is 3. The molecule has 1 saturated heterocycles. The van der Waals surface area contributed by atoms with Crippen LogP contribution in [0.2, 0.25) is 5.15 Å². The summed E-state index contributed by atoms with van der Waals surface area (Å²) >= 11 is 6.23. The molecule has 0 amide bonds. The molecule has 1 aliphatic rings. The smallest absolute Gasteiger partial charge is 0.323 e. The first kappa shape index (κ1) is 30.4. The Morgan fingerprint density at radius 2 is 1.78 bits per heavy atom. The fraction of sp³-hybridized carbons (Fsp3) is 0.188.